The van der Waals surface area contributed by atoms with Crippen LogP contribution < -0.4 is 14.2 Å². The van der Waals surface area contributed by atoms with Gasteiger partial charge in [-0.3, -0.25) is 4.79 Å². The van der Waals surface area contributed by atoms with E-state index in [9.17, 15) is 4.79 Å². The van der Waals surface area contributed by atoms with Crippen molar-refractivity contribution in [3.8, 4) is 17.2 Å². The van der Waals surface area contributed by atoms with E-state index < -0.39 is 0 Å². The quantitative estimate of drug-likeness (QED) is 0.441. The normalized spacial score (nSPS) is 10.1. The van der Waals surface area contributed by atoms with E-state index in [1.807, 2.05) is 43.3 Å². The van der Waals surface area contributed by atoms with Crippen LogP contribution in [0.2, 0.25) is 0 Å². The van der Waals surface area contributed by atoms with Crippen LogP contribution in [0.1, 0.15) is 6.92 Å². The van der Waals surface area contributed by atoms with Crippen LogP contribution in [0.3, 0.4) is 0 Å². The van der Waals surface area contributed by atoms with Crippen LogP contribution in [0, 0.1) is 0 Å². The van der Waals surface area contributed by atoms with Crippen molar-refractivity contribution in [2.75, 3.05) is 19.5 Å². The Kier molecular flexibility index (Phi) is 6.15. The molecule has 0 amide bonds. The topological polar surface area (TPSA) is 44.8 Å². The van der Waals surface area contributed by atoms with E-state index >= 15 is 0 Å². The zero-order chi connectivity index (χ0) is 15.8. The third-order valence-corrected chi connectivity index (χ3v) is 3.77. The van der Waals surface area contributed by atoms with Gasteiger partial charge >= 0.3 is 5.97 Å². The zero-order valence-electron chi connectivity index (χ0n) is 12.6. The smallest absolute Gasteiger partial charge is 0.321 e. The number of benzene rings is 2. The van der Waals surface area contributed by atoms with Crippen molar-refractivity contribution < 1.29 is 19.0 Å². The molecule has 0 heterocycles. The highest BCUT2D eigenvalue weighted by Crippen LogP contribution is 2.27. The Labute approximate surface area is 134 Å². The van der Waals surface area contributed by atoms with Gasteiger partial charge in [0, 0.05) is 4.90 Å². The molecular weight excluding hydrogens is 300 g/mol. The molecule has 4 nitrogen and oxygen atoms in total. The van der Waals surface area contributed by atoms with Gasteiger partial charge in [-0.25, -0.2) is 0 Å². The Balaban J connectivity index is 1.90. The minimum Gasteiger partial charge on any atom is -0.497 e. The van der Waals surface area contributed by atoms with Gasteiger partial charge in [0.05, 0.1) is 19.5 Å². The molecule has 0 aliphatic carbocycles. The van der Waals surface area contributed by atoms with Crippen molar-refractivity contribution >= 4 is 17.7 Å². The Morgan fingerprint density at radius 3 is 2.36 bits per heavy atom. The van der Waals surface area contributed by atoms with Crippen molar-refractivity contribution in [2.24, 2.45) is 0 Å². The van der Waals surface area contributed by atoms with E-state index in [0.29, 0.717) is 18.1 Å². The average molecular weight is 318 g/mol. The van der Waals surface area contributed by atoms with Crippen LogP contribution in [0.25, 0.3) is 0 Å². The monoisotopic (exact) mass is 318 g/mol. The highest BCUT2D eigenvalue weighted by molar-refractivity contribution is 8.00. The number of rotatable bonds is 7. The van der Waals surface area contributed by atoms with Crippen LogP contribution >= 0.6 is 11.8 Å². The predicted octanol–water partition coefficient (Wildman–Crippen LogP) is 3.79. The Morgan fingerprint density at radius 2 is 1.73 bits per heavy atom. The van der Waals surface area contributed by atoms with Gasteiger partial charge in [-0.2, -0.15) is 0 Å². The van der Waals surface area contributed by atoms with E-state index in [1.54, 1.807) is 19.2 Å². The standard InChI is InChI=1S/C17H18O4S/c1-3-20-15-6-4-5-7-16(15)21-17(18)12-22-14-10-8-13(19-2)9-11-14/h4-11H,3,12H2,1-2H3. The van der Waals surface area contributed by atoms with Crippen molar-refractivity contribution in [2.45, 2.75) is 11.8 Å². The molecule has 0 fully saturated rings. The fraction of sp³-hybridized carbons (Fsp3) is 0.235. The van der Waals surface area contributed by atoms with Gasteiger partial charge in [0.1, 0.15) is 5.75 Å². The van der Waals surface area contributed by atoms with Crippen LogP contribution in [0.15, 0.2) is 53.4 Å². The zero-order valence-corrected chi connectivity index (χ0v) is 13.4. The van der Waals surface area contributed by atoms with Crippen molar-refractivity contribution in [3.63, 3.8) is 0 Å². The number of carbonyl (C=O) groups is 1. The first-order valence-corrected chi connectivity index (χ1v) is 7.91. The van der Waals surface area contributed by atoms with Crippen molar-refractivity contribution in [3.05, 3.63) is 48.5 Å². The summed E-state index contributed by atoms with van der Waals surface area (Å²) < 4.78 is 15.9. The summed E-state index contributed by atoms with van der Waals surface area (Å²) in [5.74, 6) is 1.73. The molecular formula is C17H18O4S. The number of carbonyl (C=O) groups excluding carboxylic acids is 1. The molecule has 0 saturated heterocycles. The average Bonchev–Trinajstić information content (AvgIpc) is 2.55. The first kappa shape index (κ1) is 16.2. The summed E-state index contributed by atoms with van der Waals surface area (Å²) in [6.45, 7) is 2.41. The second-order valence-electron chi connectivity index (χ2n) is 4.32. The largest absolute Gasteiger partial charge is 0.497 e. The Hall–Kier alpha value is -2.14. The van der Waals surface area contributed by atoms with E-state index in [2.05, 4.69) is 0 Å². The number of thioether (sulfide) groups is 1. The van der Waals surface area contributed by atoms with Crippen LogP contribution in [0.4, 0.5) is 0 Å². The maximum Gasteiger partial charge on any atom is 0.321 e. The van der Waals surface area contributed by atoms with Gasteiger partial charge in [-0.15, -0.1) is 11.8 Å². The van der Waals surface area contributed by atoms with E-state index in [4.69, 9.17) is 14.2 Å². The maximum atomic E-state index is 11.9. The summed E-state index contributed by atoms with van der Waals surface area (Å²) in [6, 6.07) is 14.7. The minimum absolute atomic E-state index is 0.229. The molecule has 0 bridgehead atoms. The predicted molar refractivity (Wildman–Crippen MR) is 87.0 cm³/mol. The molecule has 0 unspecified atom stereocenters. The summed E-state index contributed by atoms with van der Waals surface area (Å²) in [4.78, 5) is 12.9. The van der Waals surface area contributed by atoms with Gasteiger partial charge in [0.25, 0.3) is 0 Å². The van der Waals surface area contributed by atoms with Crippen molar-refractivity contribution in [1.29, 1.82) is 0 Å². The third kappa shape index (κ3) is 4.70. The lowest BCUT2D eigenvalue weighted by Crippen LogP contribution is -2.11. The minimum atomic E-state index is -0.312. The fourth-order valence-corrected chi connectivity index (χ4v) is 2.45. The summed E-state index contributed by atoms with van der Waals surface area (Å²) in [5.41, 5.74) is 0. The molecule has 0 N–H and O–H groups in total. The molecule has 0 saturated carbocycles. The number of methoxy groups -OCH3 is 1. The molecule has 0 aliphatic heterocycles. The molecule has 2 aromatic rings. The number of hydrogen-bond donors (Lipinski definition) is 0. The molecule has 22 heavy (non-hydrogen) atoms. The van der Waals surface area contributed by atoms with Gasteiger partial charge < -0.3 is 14.2 Å². The van der Waals surface area contributed by atoms with Crippen LogP contribution in [0.5, 0.6) is 17.2 Å². The van der Waals surface area contributed by atoms with Gasteiger partial charge in [-0.05, 0) is 43.3 Å². The molecule has 2 aromatic carbocycles. The molecule has 0 spiro atoms. The summed E-state index contributed by atoms with van der Waals surface area (Å²) >= 11 is 1.42. The van der Waals surface area contributed by atoms with Gasteiger partial charge in [-0.1, -0.05) is 12.1 Å². The lowest BCUT2D eigenvalue weighted by Gasteiger charge is -2.10. The summed E-state index contributed by atoms with van der Waals surface area (Å²) in [6.07, 6.45) is 0. The highest BCUT2D eigenvalue weighted by Gasteiger charge is 2.10. The first-order valence-electron chi connectivity index (χ1n) is 6.92. The number of ether oxygens (including phenoxy) is 3. The molecule has 0 aromatic heterocycles. The third-order valence-electron chi connectivity index (χ3n) is 2.79. The Bertz CT molecular complexity index is 610. The van der Waals surface area contributed by atoms with Gasteiger partial charge in [0.2, 0.25) is 0 Å². The number of para-hydroxylation sites is 2. The van der Waals surface area contributed by atoms with Crippen molar-refractivity contribution in [1.82, 2.24) is 0 Å². The fourth-order valence-electron chi connectivity index (χ4n) is 1.78. The SMILES string of the molecule is CCOc1ccccc1OC(=O)CSc1ccc(OC)cc1. The van der Waals surface area contributed by atoms with Gasteiger partial charge in [0.15, 0.2) is 11.5 Å². The number of hydrogen-bond acceptors (Lipinski definition) is 5. The van der Waals surface area contributed by atoms with Crippen LogP contribution in [-0.4, -0.2) is 25.4 Å². The first-order chi connectivity index (χ1) is 10.7. The molecule has 0 atom stereocenters. The van der Waals surface area contributed by atoms with Crippen LogP contribution in [-0.2, 0) is 4.79 Å². The second-order valence-corrected chi connectivity index (χ2v) is 5.37. The Morgan fingerprint density at radius 1 is 1.05 bits per heavy atom. The lowest BCUT2D eigenvalue weighted by atomic mass is 10.3. The molecule has 0 aliphatic rings. The molecule has 2 rings (SSSR count). The summed E-state index contributed by atoms with van der Waals surface area (Å²) in [7, 11) is 1.62. The van der Waals surface area contributed by atoms with E-state index in [0.717, 1.165) is 10.6 Å². The second kappa shape index (κ2) is 8.34. The van der Waals surface area contributed by atoms with E-state index in [1.165, 1.54) is 11.8 Å². The number of esters is 1. The lowest BCUT2D eigenvalue weighted by molar-refractivity contribution is -0.131. The van der Waals surface area contributed by atoms with E-state index in [-0.39, 0.29) is 11.7 Å². The molecule has 116 valence electrons. The maximum absolute atomic E-state index is 11.9. The molecule has 0 radical (unpaired) electrons. The highest BCUT2D eigenvalue weighted by atomic mass is 32.2. The molecule has 5 heteroatoms. The summed E-state index contributed by atoms with van der Waals surface area (Å²) in [5, 5.41) is 0.